The summed E-state index contributed by atoms with van der Waals surface area (Å²) in [6.07, 6.45) is 0.469. The number of ether oxygens (including phenoxy) is 2. The number of imide groups is 1. The fraction of sp³-hybridized carbons (Fsp3) is 0.360. The van der Waals surface area contributed by atoms with E-state index in [-0.39, 0.29) is 51.0 Å². The number of benzene rings is 2. The third-order valence-corrected chi connectivity index (χ3v) is 6.09. The summed E-state index contributed by atoms with van der Waals surface area (Å²) in [5.41, 5.74) is 2.67. The van der Waals surface area contributed by atoms with Gasteiger partial charge in [-0.05, 0) is 29.7 Å². The molecule has 3 aliphatic rings. The molecule has 176 valence electrons. The molecule has 5 rings (SSSR count). The summed E-state index contributed by atoms with van der Waals surface area (Å²) in [4.78, 5) is 51.5. The SMILES string of the molecule is [2H]C1OCC([2H])([2H])N(Cc2ccc(COc3cccc4c3CN(C3CCC(=O)NC3=O)C4=O)cc2)C1=O. The molecule has 2 aromatic carbocycles. The maximum Gasteiger partial charge on any atom is 0.255 e. The normalized spacial score (nSPS) is 25.4. The lowest BCUT2D eigenvalue weighted by Gasteiger charge is -2.29. The Balaban J connectivity index is 1.24. The molecule has 2 fully saturated rings. The van der Waals surface area contributed by atoms with E-state index in [9.17, 15) is 19.2 Å². The molecule has 0 saturated carbocycles. The summed E-state index contributed by atoms with van der Waals surface area (Å²) in [7, 11) is 0. The molecule has 1 N–H and O–H groups in total. The van der Waals surface area contributed by atoms with E-state index in [1.807, 2.05) is 0 Å². The van der Waals surface area contributed by atoms with Crippen LogP contribution in [0.2, 0.25) is 0 Å². The van der Waals surface area contributed by atoms with Crippen LogP contribution in [-0.2, 0) is 38.8 Å². The molecule has 2 aromatic rings. The maximum atomic E-state index is 13.0. The lowest BCUT2D eigenvalue weighted by atomic mass is 10.0. The van der Waals surface area contributed by atoms with E-state index in [1.54, 1.807) is 42.5 Å². The Morgan fingerprint density at radius 2 is 1.88 bits per heavy atom. The molecule has 4 amide bonds. The van der Waals surface area contributed by atoms with E-state index in [2.05, 4.69) is 5.32 Å². The molecule has 0 radical (unpaired) electrons. The Labute approximate surface area is 200 Å². The number of nitrogens with one attached hydrogen (secondary N) is 1. The fourth-order valence-corrected chi connectivity index (χ4v) is 4.28. The molecular weight excluding hydrogens is 438 g/mol. The van der Waals surface area contributed by atoms with Crippen LogP contribution in [0.5, 0.6) is 5.75 Å². The number of hydrogen-bond donors (Lipinski definition) is 1. The molecular formula is C25H25N3O6. The predicted octanol–water partition coefficient (Wildman–Crippen LogP) is 1.39. The third-order valence-electron chi connectivity index (χ3n) is 6.09. The molecule has 2 atom stereocenters. The van der Waals surface area contributed by atoms with E-state index >= 15 is 0 Å². The van der Waals surface area contributed by atoms with Crippen LogP contribution >= 0.6 is 0 Å². The van der Waals surface area contributed by atoms with Crippen LogP contribution in [0.3, 0.4) is 0 Å². The lowest BCUT2D eigenvalue weighted by Crippen LogP contribution is -2.52. The first-order chi connectivity index (χ1) is 17.6. The highest BCUT2D eigenvalue weighted by molar-refractivity contribution is 6.05. The first-order valence-corrected chi connectivity index (χ1v) is 11.0. The number of rotatable bonds is 6. The van der Waals surface area contributed by atoms with Gasteiger partial charge in [-0.1, -0.05) is 30.3 Å². The zero-order valence-corrected chi connectivity index (χ0v) is 18.3. The highest BCUT2D eigenvalue weighted by atomic mass is 16.5. The highest BCUT2D eigenvalue weighted by Gasteiger charge is 2.40. The summed E-state index contributed by atoms with van der Waals surface area (Å²) in [5, 5.41) is 2.29. The Morgan fingerprint density at radius 1 is 1.09 bits per heavy atom. The molecule has 9 nitrogen and oxygen atoms in total. The molecule has 0 bridgehead atoms. The third kappa shape index (κ3) is 4.38. The van der Waals surface area contributed by atoms with Gasteiger partial charge in [0.05, 0.1) is 17.3 Å². The molecule has 3 aliphatic heterocycles. The van der Waals surface area contributed by atoms with Gasteiger partial charge in [-0.2, -0.15) is 0 Å². The van der Waals surface area contributed by atoms with E-state index in [4.69, 9.17) is 13.6 Å². The number of morpholine rings is 1. The topological polar surface area (TPSA) is 105 Å². The van der Waals surface area contributed by atoms with Crippen molar-refractivity contribution in [1.82, 2.24) is 15.1 Å². The van der Waals surface area contributed by atoms with Crippen molar-refractivity contribution in [3.8, 4) is 5.75 Å². The zero-order chi connectivity index (χ0) is 26.3. The first kappa shape index (κ1) is 18.7. The summed E-state index contributed by atoms with van der Waals surface area (Å²) in [6.45, 7) is -3.36. The Kier molecular flexibility index (Phi) is 5.09. The van der Waals surface area contributed by atoms with Crippen LogP contribution < -0.4 is 10.1 Å². The number of piperidine rings is 1. The fourth-order valence-electron chi connectivity index (χ4n) is 4.28. The Bertz CT molecular complexity index is 1270. The van der Waals surface area contributed by atoms with Crippen molar-refractivity contribution in [1.29, 1.82) is 0 Å². The summed E-state index contributed by atoms with van der Waals surface area (Å²) < 4.78 is 34.5. The minimum Gasteiger partial charge on any atom is -0.489 e. The number of carbonyl (C=O) groups excluding carboxylic acids is 4. The Morgan fingerprint density at radius 3 is 2.68 bits per heavy atom. The van der Waals surface area contributed by atoms with Crippen molar-refractivity contribution >= 4 is 23.6 Å². The summed E-state index contributed by atoms with van der Waals surface area (Å²) >= 11 is 0. The number of fused-ring (bicyclic) bond motifs is 1. The number of amides is 4. The van der Waals surface area contributed by atoms with Gasteiger partial charge >= 0.3 is 0 Å². The molecule has 0 aliphatic carbocycles. The maximum absolute atomic E-state index is 13.0. The lowest BCUT2D eigenvalue weighted by molar-refractivity contribution is -0.143. The molecule has 3 heterocycles. The minimum atomic E-state index is -2.00. The van der Waals surface area contributed by atoms with Gasteiger partial charge in [0.2, 0.25) is 17.7 Å². The van der Waals surface area contributed by atoms with E-state index in [1.165, 1.54) is 4.90 Å². The van der Waals surface area contributed by atoms with E-state index < -0.39 is 30.9 Å². The van der Waals surface area contributed by atoms with Crippen LogP contribution in [-0.4, -0.2) is 59.2 Å². The monoisotopic (exact) mass is 466 g/mol. The second-order valence-electron chi connectivity index (χ2n) is 8.30. The number of hydrogen-bond acceptors (Lipinski definition) is 6. The van der Waals surface area contributed by atoms with Gasteiger partial charge in [0.15, 0.2) is 0 Å². The molecule has 9 heteroatoms. The van der Waals surface area contributed by atoms with Crippen LogP contribution in [0.1, 0.15) is 44.0 Å². The van der Waals surface area contributed by atoms with E-state index in [0.717, 1.165) is 10.5 Å². The average Bonchev–Trinajstić information content (AvgIpc) is 3.20. The standard InChI is InChI=1S/C25H25N3O6/c29-22-9-8-20(24(31)26-22)28-13-19-18(25(28)32)2-1-3-21(19)34-14-17-6-4-16(5-7-17)12-27-10-11-33-15-23(27)30/h1-7,20H,8-15H2,(H,26,29,31)/i10D2,15D. The van der Waals surface area contributed by atoms with Crippen LogP contribution in [0.15, 0.2) is 42.5 Å². The van der Waals surface area contributed by atoms with Gasteiger partial charge in [0.1, 0.15) is 25.0 Å². The smallest absolute Gasteiger partial charge is 0.255 e. The van der Waals surface area contributed by atoms with Gasteiger partial charge in [0, 0.05) is 30.6 Å². The van der Waals surface area contributed by atoms with Crippen molar-refractivity contribution in [2.24, 2.45) is 0 Å². The van der Waals surface area contributed by atoms with Gasteiger partial charge < -0.3 is 19.3 Å². The van der Waals surface area contributed by atoms with Gasteiger partial charge in [-0.3, -0.25) is 24.5 Å². The van der Waals surface area contributed by atoms with Crippen LogP contribution in [0, 0.1) is 0 Å². The first-order valence-electron chi connectivity index (χ1n) is 12.5. The van der Waals surface area contributed by atoms with Gasteiger partial charge in [0.25, 0.3) is 5.91 Å². The van der Waals surface area contributed by atoms with Gasteiger partial charge in [-0.15, -0.1) is 0 Å². The number of nitrogens with zero attached hydrogens (tertiary/aromatic N) is 2. The Hall–Kier alpha value is -3.72. The second-order valence-corrected chi connectivity index (χ2v) is 8.30. The second kappa shape index (κ2) is 9.26. The molecule has 0 aromatic heterocycles. The molecule has 34 heavy (non-hydrogen) atoms. The van der Waals surface area contributed by atoms with Gasteiger partial charge in [-0.25, -0.2) is 0 Å². The molecule has 2 unspecified atom stereocenters. The summed E-state index contributed by atoms with van der Waals surface area (Å²) in [5.74, 6) is -1.27. The molecule has 0 spiro atoms. The highest BCUT2D eigenvalue weighted by Crippen LogP contribution is 2.34. The largest absolute Gasteiger partial charge is 0.489 e. The van der Waals surface area contributed by atoms with Crippen LogP contribution in [0.4, 0.5) is 0 Å². The predicted molar refractivity (Wildman–Crippen MR) is 119 cm³/mol. The van der Waals surface area contributed by atoms with Crippen molar-refractivity contribution < 1.29 is 32.8 Å². The number of carbonyl (C=O) groups is 4. The van der Waals surface area contributed by atoms with Crippen molar-refractivity contribution in [3.63, 3.8) is 0 Å². The zero-order valence-electron chi connectivity index (χ0n) is 21.3. The molecule has 2 saturated heterocycles. The van der Waals surface area contributed by atoms with E-state index in [0.29, 0.717) is 22.4 Å². The van der Waals surface area contributed by atoms with Crippen molar-refractivity contribution in [3.05, 3.63) is 64.7 Å². The summed E-state index contributed by atoms with van der Waals surface area (Å²) in [6, 6.07) is 11.6. The average molecular weight is 467 g/mol. The quantitative estimate of drug-likeness (QED) is 0.645. The van der Waals surface area contributed by atoms with Crippen LogP contribution in [0.25, 0.3) is 0 Å². The van der Waals surface area contributed by atoms with Crippen molar-refractivity contribution in [2.75, 3.05) is 19.7 Å². The minimum absolute atomic E-state index is 0.0101. The van der Waals surface area contributed by atoms with Crippen molar-refractivity contribution in [2.45, 2.75) is 38.6 Å².